The van der Waals surface area contributed by atoms with E-state index in [1.165, 1.54) is 37.8 Å². The Morgan fingerprint density at radius 2 is 1.80 bits per heavy atom. The molecule has 2 fully saturated rings. The Kier molecular flexibility index (Phi) is 3.53. The molecule has 4 unspecified atom stereocenters. The molecule has 0 aromatic heterocycles. The van der Waals surface area contributed by atoms with Crippen LogP contribution in [-0.2, 0) is 6.18 Å². The molecule has 2 bridgehead atoms. The Labute approximate surface area is 117 Å². The van der Waals surface area contributed by atoms with E-state index in [1.54, 1.807) is 12.1 Å². The first kappa shape index (κ1) is 13.9. The highest BCUT2D eigenvalue weighted by molar-refractivity contribution is 5.27. The van der Waals surface area contributed by atoms with Gasteiger partial charge in [0, 0.05) is 6.04 Å². The summed E-state index contributed by atoms with van der Waals surface area (Å²) in [4.78, 5) is 0. The summed E-state index contributed by atoms with van der Waals surface area (Å²) < 4.78 is 37.8. The highest BCUT2D eigenvalue weighted by atomic mass is 19.4. The summed E-state index contributed by atoms with van der Waals surface area (Å²) in [6.07, 6.45) is 0.902. The van der Waals surface area contributed by atoms with Gasteiger partial charge in [-0.3, -0.25) is 0 Å². The van der Waals surface area contributed by atoms with Crippen LogP contribution in [0.3, 0.4) is 0 Å². The molecule has 0 radical (unpaired) electrons. The summed E-state index contributed by atoms with van der Waals surface area (Å²) in [6.45, 7) is 0. The molecule has 0 saturated heterocycles. The van der Waals surface area contributed by atoms with Crippen LogP contribution in [0, 0.1) is 17.8 Å². The van der Waals surface area contributed by atoms with E-state index in [1.807, 2.05) is 7.05 Å². The molecule has 1 aromatic rings. The second-order valence-electron chi connectivity index (χ2n) is 6.22. The van der Waals surface area contributed by atoms with Crippen molar-refractivity contribution in [2.45, 2.75) is 37.9 Å². The van der Waals surface area contributed by atoms with E-state index in [0.717, 1.165) is 17.4 Å². The highest BCUT2D eigenvalue weighted by Gasteiger charge is 2.43. The molecular weight excluding hydrogens is 263 g/mol. The van der Waals surface area contributed by atoms with Crippen LogP contribution >= 0.6 is 0 Å². The number of halogens is 3. The topological polar surface area (TPSA) is 12.0 Å². The predicted octanol–water partition coefficient (Wildman–Crippen LogP) is 4.40. The zero-order chi connectivity index (χ0) is 14.3. The van der Waals surface area contributed by atoms with Crippen molar-refractivity contribution in [3.63, 3.8) is 0 Å². The molecule has 0 amide bonds. The van der Waals surface area contributed by atoms with E-state index in [9.17, 15) is 13.2 Å². The van der Waals surface area contributed by atoms with Gasteiger partial charge in [-0.25, -0.2) is 0 Å². The Morgan fingerprint density at radius 3 is 2.25 bits per heavy atom. The van der Waals surface area contributed by atoms with Crippen molar-refractivity contribution < 1.29 is 13.2 Å². The molecule has 0 spiro atoms. The molecule has 0 aliphatic heterocycles. The third-order valence-corrected chi connectivity index (χ3v) is 5.13. The summed E-state index contributed by atoms with van der Waals surface area (Å²) in [5, 5.41) is 3.32. The van der Waals surface area contributed by atoms with Crippen LogP contribution in [0.15, 0.2) is 24.3 Å². The van der Waals surface area contributed by atoms with Crippen LogP contribution in [0.2, 0.25) is 0 Å². The van der Waals surface area contributed by atoms with Crippen molar-refractivity contribution in [3.05, 3.63) is 35.4 Å². The maximum Gasteiger partial charge on any atom is 0.416 e. The monoisotopic (exact) mass is 283 g/mol. The van der Waals surface area contributed by atoms with Gasteiger partial charge in [-0.1, -0.05) is 18.6 Å². The van der Waals surface area contributed by atoms with Gasteiger partial charge in [-0.15, -0.1) is 0 Å². The average Bonchev–Trinajstić information content (AvgIpc) is 3.02. The van der Waals surface area contributed by atoms with Crippen LogP contribution in [-0.4, -0.2) is 7.05 Å². The van der Waals surface area contributed by atoms with Crippen molar-refractivity contribution in [1.82, 2.24) is 5.32 Å². The molecular formula is C16H20F3N. The van der Waals surface area contributed by atoms with Gasteiger partial charge in [0.05, 0.1) is 5.56 Å². The maximum atomic E-state index is 12.6. The summed E-state index contributed by atoms with van der Waals surface area (Å²) in [5.41, 5.74) is 0.419. The van der Waals surface area contributed by atoms with Crippen molar-refractivity contribution >= 4 is 0 Å². The summed E-state index contributed by atoms with van der Waals surface area (Å²) in [7, 11) is 1.91. The SMILES string of the molecule is CNC(c1ccc(C(F)(F)F)cc1)C1CC2CCC1C2. The average molecular weight is 283 g/mol. The number of hydrogen-bond acceptors (Lipinski definition) is 1. The molecule has 4 heteroatoms. The largest absolute Gasteiger partial charge is 0.416 e. The van der Waals surface area contributed by atoms with Gasteiger partial charge in [-0.2, -0.15) is 13.2 Å². The molecule has 20 heavy (non-hydrogen) atoms. The first-order chi connectivity index (χ1) is 9.49. The standard InChI is InChI=1S/C16H20F3N/c1-20-15(14-9-10-2-3-12(14)8-10)11-4-6-13(7-5-11)16(17,18)19/h4-7,10,12,14-15,20H,2-3,8-9H2,1H3. The van der Waals surface area contributed by atoms with Gasteiger partial charge in [0.25, 0.3) is 0 Å². The minimum absolute atomic E-state index is 0.188. The van der Waals surface area contributed by atoms with Crippen LogP contribution < -0.4 is 5.32 Å². The fourth-order valence-electron chi connectivity index (χ4n) is 4.21. The lowest BCUT2D eigenvalue weighted by Crippen LogP contribution is -2.29. The lowest BCUT2D eigenvalue weighted by molar-refractivity contribution is -0.137. The first-order valence-electron chi connectivity index (χ1n) is 7.33. The molecule has 3 rings (SSSR count). The zero-order valence-corrected chi connectivity index (χ0v) is 11.6. The Balaban J connectivity index is 1.79. The first-order valence-corrected chi connectivity index (χ1v) is 7.33. The number of benzene rings is 1. The van der Waals surface area contributed by atoms with Crippen molar-refractivity contribution in [2.24, 2.45) is 17.8 Å². The molecule has 2 saturated carbocycles. The number of rotatable bonds is 3. The maximum absolute atomic E-state index is 12.6. The van der Waals surface area contributed by atoms with Crippen molar-refractivity contribution in [2.75, 3.05) is 7.05 Å². The number of alkyl halides is 3. The predicted molar refractivity (Wildman–Crippen MR) is 72.2 cm³/mol. The quantitative estimate of drug-likeness (QED) is 0.867. The smallest absolute Gasteiger partial charge is 0.313 e. The minimum Gasteiger partial charge on any atom is -0.313 e. The molecule has 1 N–H and O–H groups in total. The lowest BCUT2D eigenvalue weighted by Gasteiger charge is -2.30. The van der Waals surface area contributed by atoms with E-state index >= 15 is 0 Å². The van der Waals surface area contributed by atoms with Gasteiger partial charge in [0.2, 0.25) is 0 Å². The van der Waals surface area contributed by atoms with Gasteiger partial charge >= 0.3 is 6.18 Å². The van der Waals surface area contributed by atoms with Crippen LogP contribution in [0.1, 0.15) is 42.9 Å². The molecule has 0 heterocycles. The van der Waals surface area contributed by atoms with E-state index in [0.29, 0.717) is 5.92 Å². The second-order valence-corrected chi connectivity index (χ2v) is 6.22. The van der Waals surface area contributed by atoms with Gasteiger partial charge in [0.1, 0.15) is 0 Å². The van der Waals surface area contributed by atoms with E-state index in [-0.39, 0.29) is 6.04 Å². The van der Waals surface area contributed by atoms with Crippen LogP contribution in [0.5, 0.6) is 0 Å². The molecule has 2 aliphatic carbocycles. The van der Waals surface area contributed by atoms with E-state index < -0.39 is 11.7 Å². The Morgan fingerprint density at radius 1 is 1.10 bits per heavy atom. The highest BCUT2D eigenvalue weighted by Crippen LogP contribution is 2.52. The summed E-state index contributed by atoms with van der Waals surface area (Å²) in [6, 6.07) is 5.86. The van der Waals surface area contributed by atoms with Gasteiger partial charge < -0.3 is 5.32 Å². The zero-order valence-electron chi connectivity index (χ0n) is 11.6. The Hall–Kier alpha value is -1.03. The molecule has 4 atom stereocenters. The lowest BCUT2D eigenvalue weighted by atomic mass is 9.80. The van der Waals surface area contributed by atoms with Crippen molar-refractivity contribution in [3.8, 4) is 0 Å². The Bertz CT molecular complexity index is 466. The number of hydrogen-bond donors (Lipinski definition) is 1. The van der Waals surface area contributed by atoms with Crippen LogP contribution in [0.25, 0.3) is 0 Å². The normalized spacial score (nSPS) is 30.7. The molecule has 110 valence electrons. The molecule has 1 aromatic carbocycles. The molecule has 1 nitrogen and oxygen atoms in total. The van der Waals surface area contributed by atoms with E-state index in [2.05, 4.69) is 5.32 Å². The van der Waals surface area contributed by atoms with Gasteiger partial charge in [-0.05, 0) is 61.8 Å². The third-order valence-electron chi connectivity index (χ3n) is 5.13. The summed E-state index contributed by atoms with van der Waals surface area (Å²) in [5.74, 6) is 2.17. The fourth-order valence-corrected chi connectivity index (χ4v) is 4.21. The second kappa shape index (κ2) is 5.06. The minimum atomic E-state index is -4.25. The third kappa shape index (κ3) is 2.46. The summed E-state index contributed by atoms with van der Waals surface area (Å²) >= 11 is 0. The van der Waals surface area contributed by atoms with Crippen molar-refractivity contribution in [1.29, 1.82) is 0 Å². The number of nitrogens with one attached hydrogen (secondary N) is 1. The van der Waals surface area contributed by atoms with Gasteiger partial charge in [0.15, 0.2) is 0 Å². The van der Waals surface area contributed by atoms with Crippen LogP contribution in [0.4, 0.5) is 13.2 Å². The number of fused-ring (bicyclic) bond motifs is 2. The van der Waals surface area contributed by atoms with E-state index in [4.69, 9.17) is 0 Å². The fraction of sp³-hybridized carbons (Fsp3) is 0.625. The molecule has 2 aliphatic rings.